The predicted molar refractivity (Wildman–Crippen MR) is 72.2 cm³/mol. The first-order chi connectivity index (χ1) is 9.17. The number of carbonyl (C=O) groups is 1. The van der Waals surface area contributed by atoms with Crippen molar-refractivity contribution in [1.29, 1.82) is 0 Å². The van der Waals surface area contributed by atoms with Crippen molar-refractivity contribution >= 4 is 11.9 Å². The summed E-state index contributed by atoms with van der Waals surface area (Å²) >= 11 is 0. The zero-order valence-electron chi connectivity index (χ0n) is 11.4. The van der Waals surface area contributed by atoms with Gasteiger partial charge in [-0.3, -0.25) is 4.79 Å². The lowest BCUT2D eigenvalue weighted by molar-refractivity contribution is -0.121. The van der Waals surface area contributed by atoms with Gasteiger partial charge in [0.2, 0.25) is 17.7 Å². The van der Waals surface area contributed by atoms with Crippen LogP contribution in [0.25, 0.3) is 0 Å². The lowest BCUT2D eigenvalue weighted by atomic mass is 10.3. The molecule has 0 aliphatic heterocycles. The molecule has 6 heteroatoms. The lowest BCUT2D eigenvalue weighted by Gasteiger charge is -2.07. The Morgan fingerprint density at radius 2 is 2.26 bits per heavy atom. The Hall–Kier alpha value is -1.85. The minimum Gasteiger partial charge on any atom is -0.481 e. The molecule has 1 aliphatic rings. The van der Waals surface area contributed by atoms with Gasteiger partial charge in [0.25, 0.3) is 0 Å². The number of aryl methyl sites for hydroxylation is 1. The van der Waals surface area contributed by atoms with Crippen LogP contribution in [-0.4, -0.2) is 35.6 Å². The molecule has 1 saturated carbocycles. The van der Waals surface area contributed by atoms with Crippen molar-refractivity contribution in [3.8, 4) is 5.88 Å². The van der Waals surface area contributed by atoms with E-state index >= 15 is 0 Å². The van der Waals surface area contributed by atoms with Crippen LogP contribution in [0.3, 0.4) is 0 Å². The highest BCUT2D eigenvalue weighted by molar-refractivity contribution is 5.76. The first-order valence-electron chi connectivity index (χ1n) is 6.60. The highest BCUT2D eigenvalue weighted by Gasteiger charge is 2.22. The van der Waals surface area contributed by atoms with Crippen LogP contribution >= 0.6 is 0 Å². The maximum absolute atomic E-state index is 11.5. The quantitative estimate of drug-likeness (QED) is 0.725. The van der Waals surface area contributed by atoms with Crippen LogP contribution in [0.2, 0.25) is 0 Å². The second-order valence-corrected chi connectivity index (χ2v) is 4.75. The summed E-state index contributed by atoms with van der Waals surface area (Å²) in [5, 5.41) is 6.06. The Morgan fingerprint density at radius 1 is 1.47 bits per heavy atom. The number of methoxy groups -OCH3 is 1. The smallest absolute Gasteiger partial charge is 0.226 e. The van der Waals surface area contributed by atoms with E-state index in [1.165, 1.54) is 0 Å². The second-order valence-electron chi connectivity index (χ2n) is 4.75. The van der Waals surface area contributed by atoms with Crippen molar-refractivity contribution in [2.45, 2.75) is 38.6 Å². The molecule has 1 aromatic heterocycles. The van der Waals surface area contributed by atoms with Crippen molar-refractivity contribution in [2.24, 2.45) is 0 Å². The molecule has 0 radical (unpaired) electrons. The summed E-state index contributed by atoms with van der Waals surface area (Å²) in [6.45, 7) is 2.56. The zero-order valence-corrected chi connectivity index (χ0v) is 11.4. The second kappa shape index (κ2) is 6.36. The summed E-state index contributed by atoms with van der Waals surface area (Å²) in [5.41, 5.74) is 0.848. The summed E-state index contributed by atoms with van der Waals surface area (Å²) in [5.74, 6) is 1.22. The largest absolute Gasteiger partial charge is 0.481 e. The van der Waals surface area contributed by atoms with Gasteiger partial charge in [0, 0.05) is 30.8 Å². The molecule has 1 amide bonds. The summed E-state index contributed by atoms with van der Waals surface area (Å²) < 4.78 is 5.08. The van der Waals surface area contributed by atoms with Gasteiger partial charge in [0.15, 0.2) is 0 Å². The van der Waals surface area contributed by atoms with Gasteiger partial charge in [-0.05, 0) is 26.2 Å². The van der Waals surface area contributed by atoms with Gasteiger partial charge >= 0.3 is 0 Å². The van der Waals surface area contributed by atoms with Gasteiger partial charge in [-0.2, -0.15) is 4.98 Å². The molecule has 2 N–H and O–H groups in total. The topological polar surface area (TPSA) is 76.1 Å². The van der Waals surface area contributed by atoms with Gasteiger partial charge in [0.1, 0.15) is 0 Å². The highest BCUT2D eigenvalue weighted by Crippen LogP contribution is 2.18. The molecule has 1 aromatic rings. The third-order valence-electron chi connectivity index (χ3n) is 2.85. The van der Waals surface area contributed by atoms with E-state index in [1.807, 2.05) is 6.92 Å². The van der Waals surface area contributed by atoms with Gasteiger partial charge in [-0.25, -0.2) is 4.98 Å². The minimum absolute atomic E-state index is 0.132. The molecule has 0 bridgehead atoms. The molecule has 0 atom stereocenters. The number of anilines is 1. The summed E-state index contributed by atoms with van der Waals surface area (Å²) in [4.78, 5) is 19.9. The average Bonchev–Trinajstić information content (AvgIpc) is 3.18. The average molecular weight is 264 g/mol. The molecule has 104 valence electrons. The summed E-state index contributed by atoms with van der Waals surface area (Å²) in [6, 6.07) is 2.21. The standard InChI is InChI=1S/C13H20N4O2/c1-9-8-12(19-2)17-13(15-9)14-7-3-4-11(18)16-10-5-6-10/h8,10H,3-7H2,1-2H3,(H,16,18)(H,14,15,17). The number of ether oxygens (including phenoxy) is 1. The third kappa shape index (κ3) is 4.73. The predicted octanol–water partition coefficient (Wildman–Crippen LogP) is 1.26. The van der Waals surface area contributed by atoms with Crippen LogP contribution < -0.4 is 15.4 Å². The molecule has 1 heterocycles. The van der Waals surface area contributed by atoms with Crippen molar-refractivity contribution in [3.05, 3.63) is 11.8 Å². The molecule has 1 aliphatic carbocycles. The van der Waals surface area contributed by atoms with Gasteiger partial charge in [-0.15, -0.1) is 0 Å². The number of hydrogen-bond acceptors (Lipinski definition) is 5. The Labute approximate surface area is 113 Å². The van der Waals surface area contributed by atoms with E-state index in [0.29, 0.717) is 30.8 Å². The lowest BCUT2D eigenvalue weighted by Crippen LogP contribution is -2.25. The number of hydrogen-bond donors (Lipinski definition) is 2. The maximum atomic E-state index is 11.5. The van der Waals surface area contributed by atoms with Crippen LogP contribution in [0.1, 0.15) is 31.4 Å². The fraction of sp³-hybridized carbons (Fsp3) is 0.615. The zero-order chi connectivity index (χ0) is 13.7. The Kier molecular flexibility index (Phi) is 4.54. The number of carbonyl (C=O) groups excluding carboxylic acids is 1. The van der Waals surface area contributed by atoms with E-state index in [4.69, 9.17) is 4.74 Å². The minimum atomic E-state index is 0.132. The molecule has 6 nitrogen and oxygen atoms in total. The van der Waals surface area contributed by atoms with Crippen LogP contribution in [0.4, 0.5) is 5.95 Å². The summed E-state index contributed by atoms with van der Waals surface area (Å²) in [7, 11) is 1.58. The van der Waals surface area contributed by atoms with E-state index in [2.05, 4.69) is 20.6 Å². The number of amides is 1. The Balaban J connectivity index is 1.69. The maximum Gasteiger partial charge on any atom is 0.226 e. The normalized spacial score (nSPS) is 14.0. The van der Waals surface area contributed by atoms with Crippen molar-refractivity contribution in [2.75, 3.05) is 19.0 Å². The van der Waals surface area contributed by atoms with Gasteiger partial charge < -0.3 is 15.4 Å². The highest BCUT2D eigenvalue weighted by atomic mass is 16.5. The number of nitrogens with zero attached hydrogens (tertiary/aromatic N) is 2. The molecule has 1 fully saturated rings. The van der Waals surface area contributed by atoms with E-state index in [1.54, 1.807) is 13.2 Å². The Morgan fingerprint density at radius 3 is 2.95 bits per heavy atom. The van der Waals surface area contributed by atoms with Crippen molar-refractivity contribution in [3.63, 3.8) is 0 Å². The fourth-order valence-corrected chi connectivity index (χ4v) is 1.70. The van der Waals surface area contributed by atoms with Crippen LogP contribution in [0.5, 0.6) is 5.88 Å². The van der Waals surface area contributed by atoms with Gasteiger partial charge in [0.05, 0.1) is 7.11 Å². The van der Waals surface area contributed by atoms with Crippen LogP contribution in [0, 0.1) is 6.92 Å². The molecular formula is C13H20N4O2. The molecule has 0 aromatic carbocycles. The first kappa shape index (κ1) is 13.6. The van der Waals surface area contributed by atoms with E-state index in [-0.39, 0.29) is 5.91 Å². The molecule has 2 rings (SSSR count). The van der Waals surface area contributed by atoms with Crippen LogP contribution in [0.15, 0.2) is 6.07 Å². The Bertz CT molecular complexity index is 446. The van der Waals surface area contributed by atoms with E-state index in [9.17, 15) is 4.79 Å². The SMILES string of the molecule is COc1cc(C)nc(NCCCC(=O)NC2CC2)n1. The van der Waals surface area contributed by atoms with Crippen LogP contribution in [-0.2, 0) is 4.79 Å². The third-order valence-corrected chi connectivity index (χ3v) is 2.85. The van der Waals surface area contributed by atoms with Gasteiger partial charge in [-0.1, -0.05) is 0 Å². The molecule has 19 heavy (non-hydrogen) atoms. The van der Waals surface area contributed by atoms with E-state index in [0.717, 1.165) is 25.0 Å². The number of rotatable bonds is 7. The number of aromatic nitrogens is 2. The monoisotopic (exact) mass is 264 g/mol. The van der Waals surface area contributed by atoms with Crippen molar-refractivity contribution < 1.29 is 9.53 Å². The molecule has 0 unspecified atom stereocenters. The first-order valence-corrected chi connectivity index (χ1v) is 6.60. The molecule has 0 spiro atoms. The number of nitrogens with one attached hydrogen (secondary N) is 2. The van der Waals surface area contributed by atoms with Crippen molar-refractivity contribution in [1.82, 2.24) is 15.3 Å². The van der Waals surface area contributed by atoms with E-state index < -0.39 is 0 Å². The summed E-state index contributed by atoms with van der Waals surface area (Å²) in [6.07, 6.45) is 3.55. The fourth-order valence-electron chi connectivity index (χ4n) is 1.70. The molecular weight excluding hydrogens is 244 g/mol. The molecule has 0 saturated heterocycles.